The molecule has 126 valence electrons. The van der Waals surface area contributed by atoms with Gasteiger partial charge in [-0.2, -0.15) is 4.98 Å². The third kappa shape index (κ3) is 2.98. The van der Waals surface area contributed by atoms with E-state index in [2.05, 4.69) is 20.4 Å². The van der Waals surface area contributed by atoms with Crippen LogP contribution in [0, 0.1) is 0 Å². The van der Waals surface area contributed by atoms with Crippen LogP contribution in [0.4, 0.5) is 5.82 Å². The Bertz CT molecular complexity index is 723. The fraction of sp³-hybridized carbons (Fsp3) is 0.529. The van der Waals surface area contributed by atoms with Crippen molar-refractivity contribution in [3.05, 3.63) is 35.6 Å². The van der Waals surface area contributed by atoms with Crippen molar-refractivity contribution in [3.63, 3.8) is 0 Å². The molecule has 1 amide bonds. The van der Waals surface area contributed by atoms with Crippen LogP contribution in [0.5, 0.6) is 0 Å². The summed E-state index contributed by atoms with van der Waals surface area (Å²) < 4.78 is 5.20. The first-order valence-corrected chi connectivity index (χ1v) is 8.60. The number of likely N-dealkylation sites (tertiary alicyclic amines) is 1. The molecule has 2 aromatic rings. The first-order chi connectivity index (χ1) is 11.7. The van der Waals surface area contributed by atoms with E-state index in [0.29, 0.717) is 36.3 Å². The summed E-state index contributed by atoms with van der Waals surface area (Å²) >= 11 is 0. The van der Waals surface area contributed by atoms with Crippen molar-refractivity contribution in [2.45, 2.75) is 51.1 Å². The molecule has 3 heterocycles. The highest BCUT2D eigenvalue weighted by atomic mass is 16.5. The molecule has 2 aliphatic rings. The van der Waals surface area contributed by atoms with Gasteiger partial charge in [-0.1, -0.05) is 12.1 Å². The van der Waals surface area contributed by atoms with Gasteiger partial charge in [-0.3, -0.25) is 4.79 Å². The van der Waals surface area contributed by atoms with Crippen molar-refractivity contribution >= 4 is 11.7 Å². The van der Waals surface area contributed by atoms with E-state index in [9.17, 15) is 4.79 Å². The van der Waals surface area contributed by atoms with Crippen LogP contribution in [0.2, 0.25) is 0 Å². The van der Waals surface area contributed by atoms with Gasteiger partial charge in [0.05, 0.1) is 11.6 Å². The molecule has 0 spiro atoms. The number of amides is 1. The van der Waals surface area contributed by atoms with Crippen LogP contribution in [0.1, 0.15) is 60.7 Å². The molecule has 1 atom stereocenters. The maximum Gasteiger partial charge on any atom is 0.256 e. The van der Waals surface area contributed by atoms with Gasteiger partial charge in [0.15, 0.2) is 5.82 Å². The molecule has 7 nitrogen and oxygen atoms in total. The molecule has 2 fully saturated rings. The highest BCUT2D eigenvalue weighted by Crippen LogP contribution is 2.31. The minimum Gasteiger partial charge on any atom is -0.367 e. The van der Waals surface area contributed by atoms with Crippen LogP contribution in [0.25, 0.3) is 0 Å². The monoisotopic (exact) mass is 327 g/mol. The van der Waals surface area contributed by atoms with E-state index in [4.69, 9.17) is 4.52 Å². The SMILES string of the molecule is CCc1nc([C@H]2CCCN2C(=O)c2ccc(NC3CC3)nc2)no1. The fourth-order valence-electron chi connectivity index (χ4n) is 3.03. The normalized spacial score (nSPS) is 20.4. The van der Waals surface area contributed by atoms with Gasteiger partial charge in [0.2, 0.25) is 5.89 Å². The molecular weight excluding hydrogens is 306 g/mol. The van der Waals surface area contributed by atoms with Crippen molar-refractivity contribution in [1.29, 1.82) is 0 Å². The molecule has 1 N–H and O–H groups in total. The van der Waals surface area contributed by atoms with Crippen molar-refractivity contribution in [2.24, 2.45) is 0 Å². The third-order valence-corrected chi connectivity index (χ3v) is 4.54. The number of aromatic nitrogens is 3. The van der Waals surface area contributed by atoms with E-state index in [1.807, 2.05) is 24.0 Å². The minimum atomic E-state index is -0.106. The lowest BCUT2D eigenvalue weighted by atomic mass is 10.2. The summed E-state index contributed by atoms with van der Waals surface area (Å²) in [5.74, 6) is 2.03. The van der Waals surface area contributed by atoms with Gasteiger partial charge >= 0.3 is 0 Å². The van der Waals surface area contributed by atoms with E-state index in [-0.39, 0.29) is 11.9 Å². The molecule has 24 heavy (non-hydrogen) atoms. The summed E-state index contributed by atoms with van der Waals surface area (Å²) in [5.41, 5.74) is 0.599. The van der Waals surface area contributed by atoms with Crippen LogP contribution in [-0.4, -0.2) is 38.5 Å². The molecule has 0 bridgehead atoms. The molecule has 1 aliphatic carbocycles. The zero-order valence-electron chi connectivity index (χ0n) is 13.7. The molecule has 7 heteroatoms. The van der Waals surface area contributed by atoms with Crippen molar-refractivity contribution in [2.75, 3.05) is 11.9 Å². The fourth-order valence-corrected chi connectivity index (χ4v) is 3.03. The minimum absolute atomic E-state index is 0.0224. The molecule has 0 aromatic carbocycles. The Balaban J connectivity index is 1.49. The second kappa shape index (κ2) is 6.22. The standard InChI is InChI=1S/C17H21N5O2/c1-2-15-20-16(21-24-15)13-4-3-9-22(13)17(23)11-5-8-14(18-10-11)19-12-6-7-12/h5,8,10,12-13H,2-4,6-7,9H2,1H3,(H,18,19)/t13-/m1/s1. The van der Waals surface area contributed by atoms with Gasteiger partial charge in [0.25, 0.3) is 5.91 Å². The van der Waals surface area contributed by atoms with Gasteiger partial charge in [-0.15, -0.1) is 0 Å². The van der Waals surface area contributed by atoms with Crippen LogP contribution >= 0.6 is 0 Å². The Kier molecular flexibility index (Phi) is 3.92. The summed E-state index contributed by atoms with van der Waals surface area (Å²) in [6.45, 7) is 2.68. The van der Waals surface area contributed by atoms with E-state index < -0.39 is 0 Å². The summed E-state index contributed by atoms with van der Waals surface area (Å²) in [6, 6.07) is 4.15. The van der Waals surface area contributed by atoms with Gasteiger partial charge in [-0.05, 0) is 37.8 Å². The van der Waals surface area contributed by atoms with Crippen LogP contribution in [-0.2, 0) is 6.42 Å². The lowest BCUT2D eigenvalue weighted by molar-refractivity contribution is 0.0728. The van der Waals surface area contributed by atoms with Gasteiger partial charge < -0.3 is 14.7 Å². The zero-order chi connectivity index (χ0) is 16.5. The maximum absolute atomic E-state index is 12.8. The number of anilines is 1. The Morgan fingerprint density at radius 2 is 2.25 bits per heavy atom. The van der Waals surface area contributed by atoms with Crippen LogP contribution < -0.4 is 5.32 Å². The average Bonchev–Trinajstić information content (AvgIpc) is 3.12. The number of nitrogens with zero attached hydrogens (tertiary/aromatic N) is 4. The number of rotatable bonds is 5. The summed E-state index contributed by atoms with van der Waals surface area (Å²) in [5, 5.41) is 7.37. The van der Waals surface area contributed by atoms with Gasteiger partial charge in [0.1, 0.15) is 5.82 Å². The molecule has 0 radical (unpaired) electrons. The molecular formula is C17H21N5O2. The first-order valence-electron chi connectivity index (χ1n) is 8.60. The number of hydrogen-bond acceptors (Lipinski definition) is 6. The third-order valence-electron chi connectivity index (χ3n) is 4.54. The number of carbonyl (C=O) groups is 1. The zero-order valence-corrected chi connectivity index (χ0v) is 13.7. The Morgan fingerprint density at radius 1 is 1.38 bits per heavy atom. The summed E-state index contributed by atoms with van der Waals surface area (Å²) in [7, 11) is 0. The predicted molar refractivity (Wildman–Crippen MR) is 87.6 cm³/mol. The van der Waals surface area contributed by atoms with Crippen molar-refractivity contribution < 1.29 is 9.32 Å². The number of carbonyl (C=O) groups excluding carboxylic acids is 1. The highest BCUT2D eigenvalue weighted by molar-refractivity contribution is 5.94. The van der Waals surface area contributed by atoms with E-state index in [0.717, 1.165) is 18.7 Å². The number of nitrogens with one attached hydrogen (secondary N) is 1. The Labute approximate surface area is 140 Å². The molecule has 4 rings (SSSR count). The lowest BCUT2D eigenvalue weighted by Crippen LogP contribution is -2.31. The maximum atomic E-state index is 12.8. The molecule has 2 aromatic heterocycles. The summed E-state index contributed by atoms with van der Waals surface area (Å²) in [6.07, 6.45) is 6.55. The van der Waals surface area contributed by atoms with E-state index >= 15 is 0 Å². The van der Waals surface area contributed by atoms with Crippen LogP contribution in [0.3, 0.4) is 0 Å². The smallest absolute Gasteiger partial charge is 0.256 e. The predicted octanol–water partition coefficient (Wildman–Crippen LogP) is 2.58. The van der Waals surface area contributed by atoms with E-state index in [1.54, 1.807) is 6.20 Å². The average molecular weight is 327 g/mol. The van der Waals surface area contributed by atoms with Crippen LogP contribution in [0.15, 0.2) is 22.9 Å². The highest BCUT2D eigenvalue weighted by Gasteiger charge is 2.34. The number of pyridine rings is 1. The second-order valence-corrected chi connectivity index (χ2v) is 6.41. The lowest BCUT2D eigenvalue weighted by Gasteiger charge is -2.22. The van der Waals surface area contributed by atoms with Gasteiger partial charge in [-0.25, -0.2) is 4.98 Å². The molecule has 1 aliphatic heterocycles. The Morgan fingerprint density at radius 3 is 2.92 bits per heavy atom. The van der Waals surface area contributed by atoms with Crippen molar-refractivity contribution in [3.8, 4) is 0 Å². The number of aryl methyl sites for hydroxylation is 1. The topological polar surface area (TPSA) is 84.2 Å². The van der Waals surface area contributed by atoms with E-state index in [1.165, 1.54) is 12.8 Å². The largest absolute Gasteiger partial charge is 0.367 e. The van der Waals surface area contributed by atoms with Gasteiger partial charge in [0, 0.05) is 25.2 Å². The second-order valence-electron chi connectivity index (χ2n) is 6.41. The number of hydrogen-bond donors (Lipinski definition) is 1. The van der Waals surface area contributed by atoms with Crippen molar-refractivity contribution in [1.82, 2.24) is 20.0 Å². The Hall–Kier alpha value is -2.44. The molecule has 1 saturated heterocycles. The first kappa shape index (κ1) is 15.1. The summed E-state index contributed by atoms with van der Waals surface area (Å²) in [4.78, 5) is 23.4. The molecule has 0 unspecified atom stereocenters. The quantitative estimate of drug-likeness (QED) is 0.908. The molecule has 1 saturated carbocycles.